The van der Waals surface area contributed by atoms with E-state index in [-0.39, 0.29) is 42.5 Å². The fourth-order valence-corrected chi connectivity index (χ4v) is 12.2. The van der Waals surface area contributed by atoms with Crippen LogP contribution >= 0.6 is 18.9 Å². The molecule has 0 spiro atoms. The number of rotatable bonds is 16. The first-order valence-corrected chi connectivity index (χ1v) is 25.0. The maximum Gasteiger partial charge on any atom is 0.323 e. The highest BCUT2D eigenvalue weighted by Crippen LogP contribution is 2.48. The maximum absolute atomic E-state index is 15.1. The van der Waals surface area contributed by atoms with Gasteiger partial charge in [0, 0.05) is 42.1 Å². The Kier molecular flexibility index (Phi) is 13.5. The van der Waals surface area contributed by atoms with E-state index in [0.717, 1.165) is 46.0 Å². The minimum atomic E-state index is -3.86. The van der Waals surface area contributed by atoms with E-state index in [9.17, 15) is 19.2 Å². The fraction of sp³-hybridized carbons (Fsp3) is 0.314. The predicted octanol–water partition coefficient (Wildman–Crippen LogP) is 8.67. The molecule has 5 heterocycles. The third kappa shape index (κ3) is 10.5. The number of nitrogens with zero attached hydrogens (tertiary/aromatic N) is 3. The SMILES string of the molecule is O=C(N[C@H]1CCC[C@H]2CC[C@@H](C(=O)N3CC(c4cccnc4)C3)N2C1=O)c1cc2cc(CP(=O)(N[C@@H](CCc3ccccc3)C(=O)OCc3ccccc3)Oc3ccccc3)ccc2s1. The summed E-state index contributed by atoms with van der Waals surface area (Å²) in [6.07, 6.45) is 7.81. The number of carbonyl (C=O) groups is 4. The fourth-order valence-electron chi connectivity index (χ4n) is 9.22. The highest BCUT2D eigenvalue weighted by molar-refractivity contribution is 7.56. The molecule has 3 amide bonds. The first kappa shape index (κ1) is 44.1. The summed E-state index contributed by atoms with van der Waals surface area (Å²) >= 11 is 1.31. The van der Waals surface area contributed by atoms with E-state index < -0.39 is 31.6 Å². The smallest absolute Gasteiger partial charge is 0.323 e. The minimum Gasteiger partial charge on any atom is -0.460 e. The number of hydrogen-bond acceptors (Lipinski definition) is 9. The minimum absolute atomic E-state index is 0.0205. The van der Waals surface area contributed by atoms with Crippen molar-refractivity contribution in [2.24, 2.45) is 0 Å². The molecule has 12 nitrogen and oxygen atoms in total. The van der Waals surface area contributed by atoms with Crippen LogP contribution in [0.25, 0.3) is 10.1 Å². The van der Waals surface area contributed by atoms with Crippen molar-refractivity contribution >= 4 is 52.6 Å². The number of aryl methyl sites for hydroxylation is 1. The Morgan fingerprint density at radius 3 is 2.29 bits per heavy atom. The largest absolute Gasteiger partial charge is 0.460 e. The number of benzene rings is 4. The number of aromatic nitrogens is 1. The van der Waals surface area contributed by atoms with Gasteiger partial charge in [0.2, 0.25) is 11.8 Å². The first-order chi connectivity index (χ1) is 31.7. The summed E-state index contributed by atoms with van der Waals surface area (Å²) in [5.41, 5.74) is 3.65. The second-order valence-electron chi connectivity index (χ2n) is 17.2. The van der Waals surface area contributed by atoms with E-state index in [0.29, 0.717) is 55.0 Å². The Hall–Kier alpha value is -6.14. The monoisotopic (exact) mass is 909 g/mol. The van der Waals surface area contributed by atoms with Gasteiger partial charge in [-0.05, 0) is 109 Å². The quantitative estimate of drug-likeness (QED) is 0.0720. The number of fused-ring (bicyclic) bond motifs is 2. The average molecular weight is 910 g/mol. The Labute approximate surface area is 382 Å². The Balaban J connectivity index is 0.892. The van der Waals surface area contributed by atoms with E-state index in [1.165, 1.54) is 11.3 Å². The van der Waals surface area contributed by atoms with Crippen molar-refractivity contribution < 1.29 is 33.0 Å². The molecule has 2 aromatic heterocycles. The third-order valence-corrected chi connectivity index (χ3v) is 15.7. The van der Waals surface area contributed by atoms with Crippen molar-refractivity contribution in [1.29, 1.82) is 0 Å². The van der Waals surface area contributed by atoms with Gasteiger partial charge >= 0.3 is 13.5 Å². The second-order valence-corrected chi connectivity index (χ2v) is 20.4. The molecule has 2 N–H and O–H groups in total. The maximum atomic E-state index is 15.1. The Bertz CT molecular complexity index is 2660. The van der Waals surface area contributed by atoms with E-state index in [4.69, 9.17) is 9.26 Å². The lowest BCUT2D eigenvalue weighted by Gasteiger charge is -2.42. The van der Waals surface area contributed by atoms with Crippen molar-refractivity contribution in [2.75, 3.05) is 13.1 Å². The molecule has 5 atom stereocenters. The number of amides is 3. The summed E-state index contributed by atoms with van der Waals surface area (Å²) in [7, 11) is -3.86. The summed E-state index contributed by atoms with van der Waals surface area (Å²) in [6, 6.07) is 37.2. The molecule has 3 saturated heterocycles. The molecular formula is C51H52N5O7PS. The lowest BCUT2D eigenvalue weighted by Crippen LogP contribution is -2.58. The van der Waals surface area contributed by atoms with Crippen LogP contribution in [0, 0.1) is 0 Å². The van der Waals surface area contributed by atoms with E-state index in [2.05, 4.69) is 15.4 Å². The van der Waals surface area contributed by atoms with Gasteiger partial charge in [-0.25, -0.2) is 5.09 Å². The molecule has 4 aromatic carbocycles. The van der Waals surface area contributed by atoms with Crippen LogP contribution in [0.1, 0.15) is 76.4 Å². The number of ether oxygens (including phenoxy) is 1. The summed E-state index contributed by atoms with van der Waals surface area (Å²) < 4.78 is 28.0. The highest BCUT2D eigenvalue weighted by Gasteiger charge is 2.47. The molecule has 1 unspecified atom stereocenters. The van der Waals surface area contributed by atoms with E-state index in [1.54, 1.807) is 41.4 Å². The summed E-state index contributed by atoms with van der Waals surface area (Å²) in [5.74, 6) is -0.487. The molecular weight excluding hydrogens is 858 g/mol. The number of likely N-dealkylation sites (tertiary alicyclic amines) is 1. The van der Waals surface area contributed by atoms with Crippen LogP contribution in [0.4, 0.5) is 0 Å². The number of thiophene rings is 1. The lowest BCUT2D eigenvalue weighted by molar-refractivity contribution is -0.148. The molecule has 3 fully saturated rings. The number of esters is 1. The molecule has 0 bridgehead atoms. The van der Waals surface area contributed by atoms with Gasteiger partial charge in [0.25, 0.3) is 5.91 Å². The number of para-hydroxylation sites is 1. The van der Waals surface area contributed by atoms with Crippen LogP contribution in [-0.2, 0) is 42.9 Å². The van der Waals surface area contributed by atoms with Crippen LogP contribution in [0.2, 0.25) is 0 Å². The average Bonchev–Trinajstić information content (AvgIpc) is 3.91. The summed E-state index contributed by atoms with van der Waals surface area (Å²) in [5, 5.41) is 6.94. The van der Waals surface area contributed by atoms with Gasteiger partial charge in [0.05, 0.1) is 11.0 Å². The van der Waals surface area contributed by atoms with Crippen LogP contribution < -0.4 is 14.9 Å². The zero-order valence-electron chi connectivity index (χ0n) is 36.0. The molecule has 0 aliphatic carbocycles. The lowest BCUT2D eigenvalue weighted by atomic mass is 9.92. The molecule has 6 aromatic rings. The molecule has 14 heteroatoms. The van der Waals surface area contributed by atoms with Gasteiger partial charge in [-0.15, -0.1) is 11.3 Å². The molecule has 3 aliphatic rings. The number of pyridine rings is 1. The van der Waals surface area contributed by atoms with E-state index >= 15 is 4.57 Å². The molecule has 0 radical (unpaired) electrons. The van der Waals surface area contributed by atoms with Crippen LogP contribution in [0.5, 0.6) is 5.75 Å². The van der Waals surface area contributed by atoms with Gasteiger partial charge in [-0.2, -0.15) is 0 Å². The van der Waals surface area contributed by atoms with Crippen molar-refractivity contribution in [3.05, 3.63) is 167 Å². The number of nitrogens with one attached hydrogen (secondary N) is 2. The number of hydrogen-bond donors (Lipinski definition) is 2. The van der Waals surface area contributed by atoms with Crippen LogP contribution in [0.3, 0.4) is 0 Å². The molecule has 9 rings (SSSR count). The van der Waals surface area contributed by atoms with Gasteiger partial charge in [-0.3, -0.25) is 28.7 Å². The van der Waals surface area contributed by atoms with Crippen molar-refractivity contribution in [2.45, 2.75) is 87.8 Å². The second kappa shape index (κ2) is 19.9. The summed E-state index contributed by atoms with van der Waals surface area (Å²) in [6.45, 7) is 1.28. The predicted molar refractivity (Wildman–Crippen MR) is 250 cm³/mol. The normalized spacial score (nSPS) is 19.9. The van der Waals surface area contributed by atoms with Crippen molar-refractivity contribution in [3.8, 4) is 5.75 Å². The zero-order valence-corrected chi connectivity index (χ0v) is 37.7. The van der Waals surface area contributed by atoms with Crippen LogP contribution in [0.15, 0.2) is 140 Å². The van der Waals surface area contributed by atoms with Gasteiger partial charge < -0.3 is 24.4 Å². The molecule has 3 aliphatic heterocycles. The Morgan fingerprint density at radius 1 is 0.815 bits per heavy atom. The third-order valence-electron chi connectivity index (χ3n) is 12.6. The Morgan fingerprint density at radius 2 is 1.55 bits per heavy atom. The van der Waals surface area contributed by atoms with Gasteiger partial charge in [0.15, 0.2) is 0 Å². The van der Waals surface area contributed by atoms with Crippen molar-refractivity contribution in [1.82, 2.24) is 25.2 Å². The number of carbonyl (C=O) groups excluding carboxylic acids is 4. The van der Waals surface area contributed by atoms with Gasteiger partial charge in [0.1, 0.15) is 30.5 Å². The van der Waals surface area contributed by atoms with Crippen molar-refractivity contribution in [3.63, 3.8) is 0 Å². The van der Waals surface area contributed by atoms with Gasteiger partial charge in [-0.1, -0.05) is 91.0 Å². The highest BCUT2D eigenvalue weighted by atomic mass is 32.1. The summed E-state index contributed by atoms with van der Waals surface area (Å²) in [4.78, 5) is 64.0. The topological polar surface area (TPSA) is 147 Å². The standard InChI is InChI=1S/C51H52N5O7PS/c57-48(53-43-20-10-17-41-23-25-45(56(41)49(43)58)50(59)55-31-40(32-55)38-16-11-27-52-30-38)47-29-39-28-37(22-26-46(39)65-47)34-64(61,63-42-18-8-3-9-19-42)54-44(24-21-35-12-4-1-5-13-35)51(60)62-33-36-14-6-2-7-15-36/h1-9,11-16,18-19,22,26-30,40-41,43-45H,10,17,20-21,23-25,31-34H2,(H,53,57)(H,54,61)/t41-,43-,44-,45-,64?/m0/s1. The zero-order chi connectivity index (χ0) is 44.8. The van der Waals surface area contributed by atoms with E-state index in [1.807, 2.05) is 108 Å². The molecule has 334 valence electrons. The molecule has 0 saturated carbocycles. The van der Waals surface area contributed by atoms with Crippen LogP contribution in [-0.4, -0.2) is 75.7 Å². The molecule has 65 heavy (non-hydrogen) atoms. The first-order valence-electron chi connectivity index (χ1n) is 22.4.